The minimum Gasteiger partial charge on any atom is -0.392 e. The van der Waals surface area contributed by atoms with Crippen molar-refractivity contribution < 1.29 is 5.11 Å². The van der Waals surface area contributed by atoms with Gasteiger partial charge in [0.15, 0.2) is 0 Å². The van der Waals surface area contributed by atoms with Crippen molar-refractivity contribution >= 4 is 11.8 Å². The third-order valence-electron chi connectivity index (χ3n) is 2.38. The number of nitrogens with zero attached hydrogens (tertiary/aromatic N) is 3. The van der Waals surface area contributed by atoms with Gasteiger partial charge in [-0.15, -0.1) is 0 Å². The zero-order valence-corrected chi connectivity index (χ0v) is 11.1. The Balaban J connectivity index is 2.81. The van der Waals surface area contributed by atoms with Crippen molar-refractivity contribution in [3.63, 3.8) is 0 Å². The van der Waals surface area contributed by atoms with Crippen LogP contribution >= 0.6 is 0 Å². The molecule has 17 heavy (non-hydrogen) atoms. The average molecular weight is 238 g/mol. The van der Waals surface area contributed by atoms with E-state index in [9.17, 15) is 5.11 Å². The monoisotopic (exact) mass is 238 g/mol. The maximum atomic E-state index is 9.39. The number of aliphatic hydroxyl groups is 1. The highest BCUT2D eigenvalue weighted by molar-refractivity contribution is 5.48. The number of rotatable bonds is 6. The topological polar surface area (TPSA) is 61.3 Å². The Morgan fingerprint density at radius 3 is 2.82 bits per heavy atom. The van der Waals surface area contributed by atoms with Gasteiger partial charge in [0.25, 0.3) is 0 Å². The standard InChI is InChI=1S/C12H22N4O/c1-5-6-13-12-14-7-9(2)11(15-12)16(4)8-10(3)17/h7,10,17H,5-6,8H2,1-4H3,(H,13,14,15). The molecule has 0 saturated carbocycles. The van der Waals surface area contributed by atoms with Gasteiger partial charge in [-0.2, -0.15) is 4.98 Å². The minimum absolute atomic E-state index is 0.374. The predicted molar refractivity (Wildman–Crippen MR) is 70.5 cm³/mol. The number of aromatic nitrogens is 2. The summed E-state index contributed by atoms with van der Waals surface area (Å²) in [5.74, 6) is 1.50. The molecule has 1 aromatic heterocycles. The Bertz CT molecular complexity index is 354. The lowest BCUT2D eigenvalue weighted by atomic mass is 10.3. The fourth-order valence-corrected chi connectivity index (χ4v) is 1.62. The van der Waals surface area contributed by atoms with Crippen molar-refractivity contribution in [2.45, 2.75) is 33.3 Å². The van der Waals surface area contributed by atoms with Gasteiger partial charge in [-0.3, -0.25) is 0 Å². The van der Waals surface area contributed by atoms with E-state index in [1.54, 1.807) is 13.1 Å². The number of hydrogen-bond donors (Lipinski definition) is 2. The van der Waals surface area contributed by atoms with E-state index in [2.05, 4.69) is 22.2 Å². The molecule has 1 atom stereocenters. The van der Waals surface area contributed by atoms with E-state index in [0.29, 0.717) is 12.5 Å². The van der Waals surface area contributed by atoms with Crippen molar-refractivity contribution in [3.8, 4) is 0 Å². The molecular formula is C12H22N4O. The van der Waals surface area contributed by atoms with Gasteiger partial charge >= 0.3 is 0 Å². The molecule has 2 N–H and O–H groups in total. The lowest BCUT2D eigenvalue weighted by Gasteiger charge is -2.21. The Hall–Kier alpha value is -1.36. The molecule has 0 radical (unpaired) electrons. The first-order valence-corrected chi connectivity index (χ1v) is 6.01. The number of nitrogens with one attached hydrogen (secondary N) is 1. The van der Waals surface area contributed by atoms with Crippen molar-refractivity contribution in [1.29, 1.82) is 0 Å². The van der Waals surface area contributed by atoms with Crippen LogP contribution in [0.25, 0.3) is 0 Å². The van der Waals surface area contributed by atoms with Crippen molar-refractivity contribution in [1.82, 2.24) is 9.97 Å². The van der Waals surface area contributed by atoms with Crippen LogP contribution in [0.1, 0.15) is 25.8 Å². The molecule has 1 aromatic rings. The van der Waals surface area contributed by atoms with Crippen LogP contribution in [0, 0.1) is 6.92 Å². The van der Waals surface area contributed by atoms with E-state index in [-0.39, 0.29) is 6.10 Å². The molecule has 0 saturated heterocycles. The van der Waals surface area contributed by atoms with E-state index in [1.165, 1.54) is 0 Å². The summed E-state index contributed by atoms with van der Waals surface area (Å²) in [6.45, 7) is 7.26. The van der Waals surface area contributed by atoms with E-state index in [4.69, 9.17) is 0 Å². The van der Waals surface area contributed by atoms with Gasteiger partial charge in [0, 0.05) is 31.9 Å². The molecule has 1 unspecified atom stereocenters. The molecule has 0 aliphatic heterocycles. The zero-order chi connectivity index (χ0) is 12.8. The number of aliphatic hydroxyl groups excluding tert-OH is 1. The summed E-state index contributed by atoms with van der Waals surface area (Å²) in [7, 11) is 1.92. The fraction of sp³-hybridized carbons (Fsp3) is 0.667. The van der Waals surface area contributed by atoms with E-state index >= 15 is 0 Å². The molecule has 0 amide bonds. The minimum atomic E-state index is -0.374. The molecule has 0 spiro atoms. The summed E-state index contributed by atoms with van der Waals surface area (Å²) in [5.41, 5.74) is 1.01. The normalized spacial score (nSPS) is 12.3. The van der Waals surface area contributed by atoms with E-state index in [0.717, 1.165) is 24.3 Å². The van der Waals surface area contributed by atoms with Crippen LogP contribution in [-0.4, -0.2) is 41.3 Å². The molecule has 96 valence electrons. The molecule has 5 nitrogen and oxygen atoms in total. The number of likely N-dealkylation sites (N-methyl/N-ethyl adjacent to an activating group) is 1. The second-order valence-corrected chi connectivity index (χ2v) is 4.36. The fourth-order valence-electron chi connectivity index (χ4n) is 1.62. The highest BCUT2D eigenvalue weighted by atomic mass is 16.3. The van der Waals surface area contributed by atoms with Gasteiger partial charge in [0.05, 0.1) is 6.10 Å². The first-order chi connectivity index (χ1) is 8.04. The van der Waals surface area contributed by atoms with Gasteiger partial charge in [-0.05, 0) is 20.3 Å². The maximum Gasteiger partial charge on any atom is 0.224 e. The van der Waals surface area contributed by atoms with Crippen molar-refractivity contribution in [2.75, 3.05) is 30.4 Å². The Morgan fingerprint density at radius 2 is 2.24 bits per heavy atom. The third-order valence-corrected chi connectivity index (χ3v) is 2.38. The van der Waals surface area contributed by atoms with E-state index < -0.39 is 0 Å². The molecule has 1 heterocycles. The zero-order valence-electron chi connectivity index (χ0n) is 11.1. The number of anilines is 2. The van der Waals surface area contributed by atoms with Crippen LogP contribution in [0.5, 0.6) is 0 Å². The Morgan fingerprint density at radius 1 is 1.53 bits per heavy atom. The lowest BCUT2D eigenvalue weighted by Crippen LogP contribution is -2.28. The summed E-state index contributed by atoms with van der Waals surface area (Å²) < 4.78 is 0. The first kappa shape index (κ1) is 13.7. The van der Waals surface area contributed by atoms with Crippen LogP contribution in [0.3, 0.4) is 0 Å². The van der Waals surface area contributed by atoms with Crippen LogP contribution in [-0.2, 0) is 0 Å². The predicted octanol–water partition coefficient (Wildman–Crippen LogP) is 1.42. The highest BCUT2D eigenvalue weighted by Crippen LogP contribution is 2.16. The second-order valence-electron chi connectivity index (χ2n) is 4.36. The highest BCUT2D eigenvalue weighted by Gasteiger charge is 2.10. The van der Waals surface area contributed by atoms with E-state index in [1.807, 2.05) is 18.9 Å². The summed E-state index contributed by atoms with van der Waals surface area (Å²) >= 11 is 0. The molecule has 0 aliphatic rings. The maximum absolute atomic E-state index is 9.39. The third kappa shape index (κ3) is 4.19. The molecule has 5 heteroatoms. The number of hydrogen-bond acceptors (Lipinski definition) is 5. The van der Waals surface area contributed by atoms with Gasteiger partial charge in [0.2, 0.25) is 5.95 Å². The van der Waals surface area contributed by atoms with Gasteiger partial charge in [-0.1, -0.05) is 6.92 Å². The first-order valence-electron chi connectivity index (χ1n) is 6.01. The molecule has 0 aromatic carbocycles. The van der Waals surface area contributed by atoms with Crippen molar-refractivity contribution in [3.05, 3.63) is 11.8 Å². The second kappa shape index (κ2) is 6.39. The van der Waals surface area contributed by atoms with Crippen molar-refractivity contribution in [2.24, 2.45) is 0 Å². The molecular weight excluding hydrogens is 216 g/mol. The van der Waals surface area contributed by atoms with Crippen LogP contribution in [0.15, 0.2) is 6.20 Å². The van der Waals surface area contributed by atoms with Gasteiger partial charge in [0.1, 0.15) is 5.82 Å². The van der Waals surface area contributed by atoms with Crippen LogP contribution in [0.4, 0.5) is 11.8 Å². The van der Waals surface area contributed by atoms with Gasteiger partial charge in [-0.25, -0.2) is 4.98 Å². The molecule has 0 bridgehead atoms. The molecule has 0 fully saturated rings. The van der Waals surface area contributed by atoms with Gasteiger partial charge < -0.3 is 15.3 Å². The summed E-state index contributed by atoms with van der Waals surface area (Å²) in [6, 6.07) is 0. The summed E-state index contributed by atoms with van der Waals surface area (Å²) in [6.07, 6.45) is 2.47. The van der Waals surface area contributed by atoms with Crippen LogP contribution in [0.2, 0.25) is 0 Å². The lowest BCUT2D eigenvalue weighted by molar-refractivity contribution is 0.201. The average Bonchev–Trinajstić information content (AvgIpc) is 2.27. The SMILES string of the molecule is CCCNc1ncc(C)c(N(C)CC(C)O)n1. The largest absolute Gasteiger partial charge is 0.392 e. The smallest absolute Gasteiger partial charge is 0.224 e. The Labute approximate surface area is 103 Å². The quantitative estimate of drug-likeness (QED) is 0.785. The summed E-state index contributed by atoms with van der Waals surface area (Å²) in [4.78, 5) is 10.6. The Kier molecular flexibility index (Phi) is 5.15. The molecule has 0 aliphatic carbocycles. The molecule has 1 rings (SSSR count). The number of aryl methyl sites for hydroxylation is 1. The van der Waals surface area contributed by atoms with Crippen LogP contribution < -0.4 is 10.2 Å². The summed E-state index contributed by atoms with van der Waals surface area (Å²) in [5, 5.41) is 12.5.